The number of aromatic hydroxyl groups is 1. The van der Waals surface area contributed by atoms with Crippen LogP contribution in [-0.4, -0.2) is 28.4 Å². The number of benzene rings is 3. The number of nitriles is 1. The molecule has 0 saturated heterocycles. The number of nitrogens with zero attached hydrogens (tertiary/aromatic N) is 1. The van der Waals surface area contributed by atoms with Gasteiger partial charge in [0.2, 0.25) is 0 Å². The largest absolute Gasteiger partial charge is 0.508 e. The lowest BCUT2D eigenvalue weighted by Crippen LogP contribution is -2.23. The van der Waals surface area contributed by atoms with Crippen molar-refractivity contribution >= 4 is 0 Å². The molecule has 0 saturated carbocycles. The van der Waals surface area contributed by atoms with Crippen LogP contribution in [0.15, 0.2) is 66.7 Å². The van der Waals surface area contributed by atoms with Crippen LogP contribution in [0.4, 0.5) is 0 Å². The first kappa shape index (κ1) is 23.5. The Morgan fingerprint density at radius 1 is 0.938 bits per heavy atom. The molecule has 3 aromatic carbocycles. The number of phenols is 1. The molecule has 0 fully saturated rings. The van der Waals surface area contributed by atoms with Crippen LogP contribution in [0, 0.1) is 11.3 Å². The molecule has 1 atom stereocenters. The zero-order valence-corrected chi connectivity index (χ0v) is 17.9. The van der Waals surface area contributed by atoms with Gasteiger partial charge in [-0.1, -0.05) is 42.5 Å². The second-order valence-electron chi connectivity index (χ2n) is 7.64. The van der Waals surface area contributed by atoms with Gasteiger partial charge in [-0.05, 0) is 59.5 Å². The van der Waals surface area contributed by atoms with Gasteiger partial charge in [-0.25, -0.2) is 0 Å². The van der Waals surface area contributed by atoms with E-state index in [2.05, 4.69) is 23.5 Å². The number of ether oxygens (including phenoxy) is 1. The second kappa shape index (κ2) is 12.0. The maximum atomic E-state index is 10.3. The van der Waals surface area contributed by atoms with Gasteiger partial charge in [0, 0.05) is 12.1 Å². The van der Waals surface area contributed by atoms with Crippen LogP contribution >= 0.6 is 0 Å². The van der Waals surface area contributed by atoms with Crippen molar-refractivity contribution in [3.05, 3.63) is 100 Å². The lowest BCUT2D eigenvalue weighted by molar-refractivity contribution is 0.107. The minimum absolute atomic E-state index is 0.0240. The quantitative estimate of drug-likeness (QED) is 0.346. The molecule has 0 heterocycles. The summed E-state index contributed by atoms with van der Waals surface area (Å²) in [7, 11) is 0. The van der Waals surface area contributed by atoms with E-state index in [1.165, 1.54) is 11.6 Å². The van der Waals surface area contributed by atoms with Gasteiger partial charge in [-0.2, -0.15) is 5.26 Å². The number of aliphatic hydroxyl groups is 2. The minimum atomic E-state index is -0.722. The predicted octanol–water partition coefficient (Wildman–Crippen LogP) is 3.34. The van der Waals surface area contributed by atoms with E-state index in [1.807, 2.05) is 30.3 Å². The summed E-state index contributed by atoms with van der Waals surface area (Å²) < 4.78 is 5.80. The topological polar surface area (TPSA) is 106 Å². The standard InChI is InChI=1S/C26H28N2O4/c27-14-20-4-2-6-22(12-20)18-32-17-21-5-1-3-19(11-21)9-10-28-15-26(31)23-7-8-25(30)24(13-23)16-29/h1-8,11-13,26,28-31H,9-10,15-18H2/t26-/m1/s1. The number of hydrogen-bond donors (Lipinski definition) is 4. The first-order chi connectivity index (χ1) is 15.6. The molecular weight excluding hydrogens is 404 g/mol. The minimum Gasteiger partial charge on any atom is -0.508 e. The summed E-state index contributed by atoms with van der Waals surface area (Å²) in [5.74, 6) is 0.0240. The van der Waals surface area contributed by atoms with E-state index in [1.54, 1.807) is 18.2 Å². The van der Waals surface area contributed by atoms with Gasteiger partial charge in [-0.3, -0.25) is 0 Å². The Kier molecular flexibility index (Phi) is 8.79. The van der Waals surface area contributed by atoms with Crippen molar-refractivity contribution in [2.24, 2.45) is 0 Å². The van der Waals surface area contributed by atoms with Crippen LogP contribution in [0.3, 0.4) is 0 Å². The average molecular weight is 433 g/mol. The molecule has 0 aliphatic carbocycles. The maximum absolute atomic E-state index is 10.3. The molecule has 0 bridgehead atoms. The van der Waals surface area contributed by atoms with Gasteiger partial charge < -0.3 is 25.4 Å². The van der Waals surface area contributed by atoms with Crippen LogP contribution in [0.25, 0.3) is 0 Å². The van der Waals surface area contributed by atoms with Crippen LogP contribution < -0.4 is 5.32 Å². The highest BCUT2D eigenvalue weighted by atomic mass is 16.5. The third kappa shape index (κ3) is 6.91. The first-order valence-electron chi connectivity index (χ1n) is 10.5. The van der Waals surface area contributed by atoms with Crippen LogP contribution in [0.2, 0.25) is 0 Å². The molecule has 0 amide bonds. The van der Waals surface area contributed by atoms with Crippen molar-refractivity contribution < 1.29 is 20.1 Å². The summed E-state index contributed by atoms with van der Waals surface area (Å²) in [6, 6.07) is 22.5. The summed E-state index contributed by atoms with van der Waals surface area (Å²) in [6.45, 7) is 1.75. The third-order valence-corrected chi connectivity index (χ3v) is 5.17. The number of rotatable bonds is 11. The monoisotopic (exact) mass is 432 g/mol. The highest BCUT2D eigenvalue weighted by molar-refractivity contribution is 5.36. The highest BCUT2D eigenvalue weighted by Gasteiger charge is 2.10. The fourth-order valence-electron chi connectivity index (χ4n) is 3.42. The molecule has 0 aliphatic heterocycles. The molecule has 3 rings (SSSR count). The molecule has 0 unspecified atom stereocenters. The lowest BCUT2D eigenvalue weighted by atomic mass is 10.0. The first-order valence-corrected chi connectivity index (χ1v) is 10.5. The predicted molar refractivity (Wildman–Crippen MR) is 122 cm³/mol. The lowest BCUT2D eigenvalue weighted by Gasteiger charge is -2.14. The van der Waals surface area contributed by atoms with Gasteiger partial charge in [0.25, 0.3) is 0 Å². The van der Waals surface area contributed by atoms with Gasteiger partial charge in [0.05, 0.1) is 37.6 Å². The van der Waals surface area contributed by atoms with Gasteiger partial charge in [0.15, 0.2) is 0 Å². The summed E-state index contributed by atoms with van der Waals surface area (Å²) in [6.07, 6.45) is 0.0857. The van der Waals surface area contributed by atoms with Crippen molar-refractivity contribution in [1.82, 2.24) is 5.32 Å². The third-order valence-electron chi connectivity index (χ3n) is 5.17. The van der Waals surface area contributed by atoms with E-state index in [0.717, 1.165) is 17.5 Å². The molecule has 3 aromatic rings. The van der Waals surface area contributed by atoms with Crippen LogP contribution in [-0.2, 0) is 31.0 Å². The van der Waals surface area contributed by atoms with E-state index in [-0.39, 0.29) is 12.4 Å². The smallest absolute Gasteiger partial charge is 0.121 e. The van der Waals surface area contributed by atoms with Gasteiger partial charge in [-0.15, -0.1) is 0 Å². The Hall–Kier alpha value is -3.21. The maximum Gasteiger partial charge on any atom is 0.121 e. The number of aliphatic hydroxyl groups excluding tert-OH is 2. The van der Waals surface area contributed by atoms with Crippen molar-refractivity contribution in [1.29, 1.82) is 5.26 Å². The zero-order valence-electron chi connectivity index (χ0n) is 17.9. The Labute approximate surface area is 188 Å². The summed E-state index contributed by atoms with van der Waals surface area (Å²) >= 11 is 0. The highest BCUT2D eigenvalue weighted by Crippen LogP contribution is 2.22. The normalized spacial score (nSPS) is 11.8. The zero-order chi connectivity index (χ0) is 22.8. The van der Waals surface area contributed by atoms with E-state index < -0.39 is 6.10 Å². The summed E-state index contributed by atoms with van der Waals surface area (Å²) in [4.78, 5) is 0. The molecule has 0 spiro atoms. The molecule has 32 heavy (non-hydrogen) atoms. The molecule has 0 aromatic heterocycles. The molecule has 0 radical (unpaired) electrons. The summed E-state index contributed by atoms with van der Waals surface area (Å²) in [5.41, 5.74) is 4.91. The second-order valence-corrected chi connectivity index (χ2v) is 7.64. The van der Waals surface area contributed by atoms with Crippen molar-refractivity contribution in [3.8, 4) is 11.8 Å². The molecule has 6 heteroatoms. The molecule has 166 valence electrons. The van der Waals surface area contributed by atoms with Crippen molar-refractivity contribution in [2.75, 3.05) is 13.1 Å². The SMILES string of the molecule is N#Cc1cccc(COCc2cccc(CCNC[C@@H](O)c3ccc(O)c(CO)c3)c2)c1. The van der Waals surface area contributed by atoms with E-state index in [0.29, 0.717) is 43.0 Å². The van der Waals surface area contributed by atoms with E-state index in [4.69, 9.17) is 10.00 Å². The van der Waals surface area contributed by atoms with Crippen molar-refractivity contribution in [2.45, 2.75) is 32.3 Å². The fraction of sp³-hybridized carbons (Fsp3) is 0.269. The fourth-order valence-corrected chi connectivity index (χ4v) is 3.42. The van der Waals surface area contributed by atoms with E-state index in [9.17, 15) is 15.3 Å². The van der Waals surface area contributed by atoms with Crippen LogP contribution in [0.1, 0.15) is 39.5 Å². The molecular formula is C26H28N2O4. The average Bonchev–Trinajstić information content (AvgIpc) is 2.82. The summed E-state index contributed by atoms with van der Waals surface area (Å²) in [5, 5.41) is 41.4. The van der Waals surface area contributed by atoms with Gasteiger partial charge >= 0.3 is 0 Å². The van der Waals surface area contributed by atoms with Crippen molar-refractivity contribution in [3.63, 3.8) is 0 Å². The Morgan fingerprint density at radius 3 is 2.41 bits per heavy atom. The molecule has 6 nitrogen and oxygen atoms in total. The Balaban J connectivity index is 1.42. The number of nitrogens with one attached hydrogen (secondary N) is 1. The molecule has 4 N–H and O–H groups in total. The van der Waals surface area contributed by atoms with Crippen LogP contribution in [0.5, 0.6) is 5.75 Å². The Bertz CT molecular complexity index is 1060. The number of hydrogen-bond acceptors (Lipinski definition) is 6. The Morgan fingerprint density at radius 2 is 1.66 bits per heavy atom. The molecule has 0 aliphatic rings. The van der Waals surface area contributed by atoms with Gasteiger partial charge in [0.1, 0.15) is 5.75 Å². The van der Waals surface area contributed by atoms with E-state index >= 15 is 0 Å².